The molecule has 0 saturated carbocycles. The van der Waals surface area contributed by atoms with E-state index in [1.807, 2.05) is 0 Å². The number of benzene rings is 1. The molecule has 0 saturated heterocycles. The van der Waals surface area contributed by atoms with Crippen LogP contribution in [0.5, 0.6) is 0 Å². The van der Waals surface area contributed by atoms with Crippen molar-refractivity contribution in [3.63, 3.8) is 0 Å². The number of anilines is 3. The van der Waals surface area contributed by atoms with Gasteiger partial charge in [-0.05, 0) is 34.1 Å². The predicted molar refractivity (Wildman–Crippen MR) is 73.6 cm³/mol. The Kier molecular flexibility index (Phi) is 3.65. The van der Waals surface area contributed by atoms with E-state index in [9.17, 15) is 0 Å². The van der Waals surface area contributed by atoms with Gasteiger partial charge in [0.15, 0.2) is 0 Å². The Morgan fingerprint density at radius 2 is 2.11 bits per heavy atom. The van der Waals surface area contributed by atoms with E-state index in [0.29, 0.717) is 32.6 Å². The van der Waals surface area contributed by atoms with E-state index in [2.05, 4.69) is 37.3 Å². The summed E-state index contributed by atoms with van der Waals surface area (Å²) >= 11 is 9.09. The Balaban J connectivity index is 2.39. The molecule has 1 aromatic carbocycles. The van der Waals surface area contributed by atoms with Gasteiger partial charge >= 0.3 is 0 Å². The van der Waals surface area contributed by atoms with E-state index in [0.717, 1.165) is 0 Å². The summed E-state index contributed by atoms with van der Waals surface area (Å²) in [6, 6.07) is 8.51. The highest BCUT2D eigenvalue weighted by Crippen LogP contribution is 2.23. The van der Waals surface area contributed by atoms with Gasteiger partial charge in [-0.1, -0.05) is 11.6 Å². The molecule has 1 heterocycles. The zero-order valence-electron chi connectivity index (χ0n) is 8.98. The van der Waals surface area contributed by atoms with Gasteiger partial charge in [0.25, 0.3) is 0 Å². The maximum absolute atomic E-state index is 8.99. The first-order valence-corrected chi connectivity index (χ1v) is 6.02. The first-order chi connectivity index (χ1) is 8.58. The lowest BCUT2D eigenvalue weighted by Gasteiger charge is -2.07. The van der Waals surface area contributed by atoms with Gasteiger partial charge in [0, 0.05) is 11.1 Å². The van der Waals surface area contributed by atoms with Gasteiger partial charge in [0.1, 0.15) is 16.5 Å². The van der Waals surface area contributed by atoms with Gasteiger partial charge in [0.05, 0.1) is 11.3 Å². The normalized spacial score (nSPS) is 9.83. The maximum Gasteiger partial charge on any atom is 0.230 e. The van der Waals surface area contributed by atoms with Crippen LogP contribution in [0.15, 0.2) is 28.9 Å². The van der Waals surface area contributed by atoms with Crippen molar-refractivity contribution in [1.29, 1.82) is 5.26 Å². The summed E-state index contributed by atoms with van der Waals surface area (Å²) in [5, 5.41) is 12.4. The quantitative estimate of drug-likeness (QED) is 0.829. The van der Waals surface area contributed by atoms with E-state index in [-0.39, 0.29) is 0 Å². The van der Waals surface area contributed by atoms with Gasteiger partial charge in [-0.25, -0.2) is 4.98 Å². The monoisotopic (exact) mass is 323 g/mol. The summed E-state index contributed by atoms with van der Waals surface area (Å²) in [5.41, 5.74) is 6.58. The zero-order valence-corrected chi connectivity index (χ0v) is 11.3. The Bertz CT molecular complexity index is 618. The Morgan fingerprint density at radius 1 is 1.33 bits per heavy atom. The number of hydrogen-bond donors (Lipinski definition) is 2. The zero-order chi connectivity index (χ0) is 13.1. The van der Waals surface area contributed by atoms with E-state index in [1.54, 1.807) is 24.3 Å². The number of aromatic nitrogens is 2. The smallest absolute Gasteiger partial charge is 0.230 e. The van der Waals surface area contributed by atoms with Crippen molar-refractivity contribution < 1.29 is 0 Å². The fraction of sp³-hybridized carbons (Fsp3) is 0. The Labute approximate surface area is 117 Å². The summed E-state index contributed by atoms with van der Waals surface area (Å²) < 4.78 is 0.554. The number of nitrogens with zero attached hydrogens (tertiary/aromatic N) is 3. The number of nitrogen functional groups attached to an aromatic ring is 1. The first-order valence-electron chi connectivity index (χ1n) is 4.85. The molecule has 3 N–H and O–H groups in total. The highest BCUT2D eigenvalue weighted by atomic mass is 79.9. The molecule has 0 aliphatic carbocycles. The largest absolute Gasteiger partial charge is 0.383 e. The van der Waals surface area contributed by atoms with Crippen LogP contribution in [0.25, 0.3) is 0 Å². The number of nitrogens with two attached hydrogens (primary N) is 1. The standard InChI is InChI=1S/C11H7BrClN5/c12-9-4-10(15)18-11(17-9)16-8-3-7(13)2-1-6(8)5-14/h1-4H,(H3,15,16,17,18). The summed E-state index contributed by atoms with van der Waals surface area (Å²) in [5.74, 6) is 0.612. The van der Waals surface area contributed by atoms with Crippen LogP contribution in [0.4, 0.5) is 17.5 Å². The van der Waals surface area contributed by atoms with Crippen LogP contribution >= 0.6 is 27.5 Å². The summed E-state index contributed by atoms with van der Waals surface area (Å²) in [4.78, 5) is 8.10. The van der Waals surface area contributed by atoms with Crippen molar-refractivity contribution in [3.05, 3.63) is 39.5 Å². The first kappa shape index (κ1) is 12.6. The van der Waals surface area contributed by atoms with Gasteiger partial charge < -0.3 is 11.1 Å². The molecule has 1 aromatic heterocycles. The van der Waals surface area contributed by atoms with E-state index in [1.165, 1.54) is 0 Å². The van der Waals surface area contributed by atoms with Crippen LogP contribution in [-0.4, -0.2) is 9.97 Å². The van der Waals surface area contributed by atoms with Gasteiger partial charge in [-0.2, -0.15) is 10.2 Å². The lowest BCUT2D eigenvalue weighted by Crippen LogP contribution is -2.01. The minimum absolute atomic E-state index is 0.292. The summed E-state index contributed by atoms with van der Waals surface area (Å²) in [7, 11) is 0. The highest BCUT2D eigenvalue weighted by Gasteiger charge is 2.06. The average molecular weight is 325 g/mol. The number of rotatable bonds is 2. The van der Waals surface area contributed by atoms with Gasteiger partial charge in [0.2, 0.25) is 5.95 Å². The van der Waals surface area contributed by atoms with Crippen molar-refractivity contribution in [2.75, 3.05) is 11.1 Å². The molecule has 0 atom stereocenters. The van der Waals surface area contributed by atoms with Crippen LogP contribution in [0.3, 0.4) is 0 Å². The molecule has 0 bridgehead atoms. The van der Waals surface area contributed by atoms with Gasteiger partial charge in [-0.3, -0.25) is 0 Å². The number of nitriles is 1. The molecule has 18 heavy (non-hydrogen) atoms. The average Bonchev–Trinajstić information content (AvgIpc) is 2.27. The van der Waals surface area contributed by atoms with Crippen LogP contribution in [0.2, 0.25) is 5.02 Å². The molecule has 0 fully saturated rings. The summed E-state index contributed by atoms with van der Waals surface area (Å²) in [6.45, 7) is 0. The van der Waals surface area contributed by atoms with Crippen molar-refractivity contribution in [3.8, 4) is 6.07 Å². The molecule has 0 amide bonds. The van der Waals surface area contributed by atoms with Crippen LogP contribution in [-0.2, 0) is 0 Å². The van der Waals surface area contributed by atoms with Crippen LogP contribution in [0, 0.1) is 11.3 Å². The molecular formula is C11H7BrClN5. The molecule has 0 radical (unpaired) electrons. The van der Waals surface area contributed by atoms with Crippen molar-refractivity contribution in [2.24, 2.45) is 0 Å². The van der Waals surface area contributed by atoms with Crippen molar-refractivity contribution in [1.82, 2.24) is 9.97 Å². The lowest BCUT2D eigenvalue weighted by molar-refractivity contribution is 1.15. The third-order valence-corrected chi connectivity index (χ3v) is 2.70. The molecule has 2 aromatic rings. The molecule has 90 valence electrons. The van der Waals surface area contributed by atoms with E-state index >= 15 is 0 Å². The van der Waals surface area contributed by atoms with Crippen molar-refractivity contribution >= 4 is 45.0 Å². The third kappa shape index (κ3) is 2.88. The van der Waals surface area contributed by atoms with Crippen LogP contribution < -0.4 is 11.1 Å². The number of hydrogen-bond acceptors (Lipinski definition) is 5. The van der Waals surface area contributed by atoms with E-state index < -0.39 is 0 Å². The second-order valence-electron chi connectivity index (χ2n) is 3.37. The minimum atomic E-state index is 0.292. The topological polar surface area (TPSA) is 87.6 Å². The molecule has 7 heteroatoms. The molecular weight excluding hydrogens is 318 g/mol. The second-order valence-corrected chi connectivity index (χ2v) is 4.61. The summed E-state index contributed by atoms with van der Waals surface area (Å²) in [6.07, 6.45) is 0. The third-order valence-electron chi connectivity index (χ3n) is 2.06. The number of nitrogens with one attached hydrogen (secondary N) is 1. The fourth-order valence-electron chi connectivity index (χ4n) is 1.33. The van der Waals surface area contributed by atoms with E-state index in [4.69, 9.17) is 22.6 Å². The molecule has 0 spiro atoms. The molecule has 0 aliphatic heterocycles. The lowest BCUT2D eigenvalue weighted by atomic mass is 10.2. The fourth-order valence-corrected chi connectivity index (χ4v) is 1.90. The Morgan fingerprint density at radius 3 is 2.78 bits per heavy atom. The molecule has 2 rings (SSSR count). The Hall–Kier alpha value is -1.84. The second kappa shape index (κ2) is 5.21. The molecule has 0 unspecified atom stereocenters. The number of halogens is 2. The molecule has 0 aliphatic rings. The van der Waals surface area contributed by atoms with Gasteiger partial charge in [-0.15, -0.1) is 0 Å². The highest BCUT2D eigenvalue weighted by molar-refractivity contribution is 9.10. The van der Waals surface area contributed by atoms with Crippen LogP contribution in [0.1, 0.15) is 5.56 Å². The minimum Gasteiger partial charge on any atom is -0.383 e. The molecule has 5 nitrogen and oxygen atoms in total. The van der Waals surface area contributed by atoms with Crippen molar-refractivity contribution in [2.45, 2.75) is 0 Å². The predicted octanol–water partition coefficient (Wildman–Crippen LogP) is 3.09. The SMILES string of the molecule is N#Cc1ccc(Cl)cc1Nc1nc(N)cc(Br)n1. The maximum atomic E-state index is 8.99.